The van der Waals surface area contributed by atoms with E-state index in [2.05, 4.69) is 30.4 Å². The minimum absolute atomic E-state index is 0.00297. The third-order valence-corrected chi connectivity index (χ3v) is 2.79. The van der Waals surface area contributed by atoms with Crippen LogP contribution in [0.15, 0.2) is 36.4 Å². The van der Waals surface area contributed by atoms with Crippen molar-refractivity contribution >= 4 is 22.4 Å². The summed E-state index contributed by atoms with van der Waals surface area (Å²) in [5.41, 5.74) is 2.09. The van der Waals surface area contributed by atoms with Gasteiger partial charge in [0.2, 0.25) is 5.91 Å². The van der Waals surface area contributed by atoms with Crippen LogP contribution in [-0.2, 0) is 4.79 Å². The number of nitrogens with one attached hydrogen (secondary N) is 1. The van der Waals surface area contributed by atoms with Crippen molar-refractivity contribution in [2.24, 2.45) is 5.92 Å². The Morgan fingerprint density at radius 3 is 2.47 bits per heavy atom. The number of aryl methyl sites for hydroxylation is 1. The number of carbonyl (C=O) groups excluding carboxylic acids is 1. The van der Waals surface area contributed by atoms with Gasteiger partial charge in [0.25, 0.3) is 0 Å². The van der Waals surface area contributed by atoms with E-state index in [4.69, 9.17) is 0 Å². The van der Waals surface area contributed by atoms with Crippen LogP contribution in [0.1, 0.15) is 19.4 Å². The first-order valence-corrected chi connectivity index (χ1v) is 5.87. The lowest BCUT2D eigenvalue weighted by Gasteiger charge is -2.08. The molecule has 1 amide bonds. The molecule has 0 fully saturated rings. The highest BCUT2D eigenvalue weighted by atomic mass is 16.1. The Morgan fingerprint density at radius 2 is 1.76 bits per heavy atom. The van der Waals surface area contributed by atoms with Crippen LogP contribution in [0.4, 0.5) is 5.69 Å². The van der Waals surface area contributed by atoms with Gasteiger partial charge >= 0.3 is 0 Å². The van der Waals surface area contributed by atoms with E-state index in [1.54, 1.807) is 0 Å². The van der Waals surface area contributed by atoms with Gasteiger partial charge in [0.15, 0.2) is 0 Å². The van der Waals surface area contributed by atoms with Gasteiger partial charge in [-0.15, -0.1) is 0 Å². The van der Waals surface area contributed by atoms with E-state index in [9.17, 15) is 4.79 Å². The van der Waals surface area contributed by atoms with Gasteiger partial charge in [-0.05, 0) is 29.8 Å². The van der Waals surface area contributed by atoms with Crippen LogP contribution in [0.3, 0.4) is 0 Å². The fourth-order valence-corrected chi connectivity index (χ4v) is 1.73. The summed E-state index contributed by atoms with van der Waals surface area (Å²) >= 11 is 0. The monoisotopic (exact) mass is 227 g/mol. The maximum absolute atomic E-state index is 11.6. The SMILES string of the molecule is Cc1ccc2ccc(NC(=O)C(C)C)cc2c1. The molecule has 0 aliphatic rings. The van der Waals surface area contributed by atoms with E-state index in [-0.39, 0.29) is 11.8 Å². The van der Waals surface area contributed by atoms with Gasteiger partial charge in [-0.2, -0.15) is 0 Å². The average molecular weight is 227 g/mol. The first kappa shape index (κ1) is 11.6. The van der Waals surface area contributed by atoms with Gasteiger partial charge in [-0.25, -0.2) is 0 Å². The molecule has 0 aliphatic heterocycles. The summed E-state index contributed by atoms with van der Waals surface area (Å²) in [6.45, 7) is 5.85. The third-order valence-electron chi connectivity index (χ3n) is 2.79. The molecule has 1 N–H and O–H groups in total. The van der Waals surface area contributed by atoms with E-state index in [0.29, 0.717) is 0 Å². The van der Waals surface area contributed by atoms with Gasteiger partial charge in [0.05, 0.1) is 0 Å². The molecule has 0 saturated heterocycles. The molecule has 0 spiro atoms. The number of fused-ring (bicyclic) bond motifs is 1. The Bertz CT molecular complexity index is 558. The van der Waals surface area contributed by atoms with E-state index in [1.807, 2.05) is 32.0 Å². The zero-order valence-electron chi connectivity index (χ0n) is 10.4. The van der Waals surface area contributed by atoms with Crippen molar-refractivity contribution in [3.8, 4) is 0 Å². The van der Waals surface area contributed by atoms with Gasteiger partial charge < -0.3 is 5.32 Å². The average Bonchev–Trinajstić information content (AvgIpc) is 2.28. The van der Waals surface area contributed by atoms with Gasteiger partial charge in [-0.1, -0.05) is 43.7 Å². The molecular formula is C15H17NO. The van der Waals surface area contributed by atoms with Gasteiger partial charge in [-0.3, -0.25) is 4.79 Å². The normalized spacial score (nSPS) is 10.8. The second-order valence-corrected chi connectivity index (χ2v) is 4.71. The lowest BCUT2D eigenvalue weighted by atomic mass is 10.1. The molecule has 2 rings (SSSR count). The molecule has 88 valence electrons. The Morgan fingerprint density at radius 1 is 1.06 bits per heavy atom. The molecule has 0 atom stereocenters. The van der Waals surface area contributed by atoms with Gasteiger partial charge in [0, 0.05) is 11.6 Å². The number of anilines is 1. The number of rotatable bonds is 2. The summed E-state index contributed by atoms with van der Waals surface area (Å²) in [6.07, 6.45) is 0. The maximum Gasteiger partial charge on any atom is 0.226 e. The Labute approximate surface area is 102 Å². The lowest BCUT2D eigenvalue weighted by molar-refractivity contribution is -0.118. The summed E-state index contributed by atoms with van der Waals surface area (Å²) in [5, 5.41) is 5.27. The van der Waals surface area contributed by atoms with Crippen LogP contribution >= 0.6 is 0 Å². The molecule has 2 heteroatoms. The molecule has 0 saturated carbocycles. The summed E-state index contributed by atoms with van der Waals surface area (Å²) < 4.78 is 0. The molecule has 0 heterocycles. The molecule has 0 bridgehead atoms. The van der Waals surface area contributed by atoms with Crippen molar-refractivity contribution in [3.63, 3.8) is 0 Å². The summed E-state index contributed by atoms with van der Waals surface area (Å²) in [4.78, 5) is 11.6. The number of carbonyl (C=O) groups is 1. The quantitative estimate of drug-likeness (QED) is 0.831. The van der Waals surface area contributed by atoms with Crippen molar-refractivity contribution in [1.29, 1.82) is 0 Å². The number of amides is 1. The number of hydrogen-bond donors (Lipinski definition) is 1. The first-order chi connectivity index (χ1) is 8.06. The third kappa shape index (κ3) is 2.64. The second-order valence-electron chi connectivity index (χ2n) is 4.71. The van der Waals surface area contributed by atoms with Crippen molar-refractivity contribution < 1.29 is 4.79 Å². The van der Waals surface area contributed by atoms with Crippen LogP contribution in [0, 0.1) is 12.8 Å². The van der Waals surface area contributed by atoms with Gasteiger partial charge in [0.1, 0.15) is 0 Å². The smallest absolute Gasteiger partial charge is 0.226 e. The highest BCUT2D eigenvalue weighted by Gasteiger charge is 2.07. The van der Waals surface area contributed by atoms with E-state index < -0.39 is 0 Å². The van der Waals surface area contributed by atoms with Crippen LogP contribution in [-0.4, -0.2) is 5.91 Å². The summed E-state index contributed by atoms with van der Waals surface area (Å²) in [5.74, 6) is 0.0557. The number of benzene rings is 2. The molecule has 2 aromatic carbocycles. The summed E-state index contributed by atoms with van der Waals surface area (Å²) in [7, 11) is 0. The molecular weight excluding hydrogens is 210 g/mol. The molecule has 2 nitrogen and oxygen atoms in total. The zero-order chi connectivity index (χ0) is 12.4. The molecule has 0 aromatic heterocycles. The first-order valence-electron chi connectivity index (χ1n) is 5.87. The van der Waals surface area contributed by atoms with Crippen molar-refractivity contribution in [2.45, 2.75) is 20.8 Å². The van der Waals surface area contributed by atoms with Crippen molar-refractivity contribution in [3.05, 3.63) is 42.0 Å². The van der Waals surface area contributed by atoms with Crippen LogP contribution in [0.2, 0.25) is 0 Å². The highest BCUT2D eigenvalue weighted by Crippen LogP contribution is 2.20. The molecule has 0 unspecified atom stereocenters. The van der Waals surface area contributed by atoms with Crippen molar-refractivity contribution in [2.75, 3.05) is 5.32 Å². The van der Waals surface area contributed by atoms with Crippen LogP contribution in [0.25, 0.3) is 10.8 Å². The molecule has 0 aliphatic carbocycles. The Balaban J connectivity index is 2.34. The minimum atomic E-state index is 0.00297. The predicted octanol–water partition coefficient (Wildman–Crippen LogP) is 3.74. The summed E-state index contributed by atoms with van der Waals surface area (Å²) in [6, 6.07) is 12.3. The standard InChI is InChI=1S/C15H17NO/c1-10(2)15(17)16-14-7-6-12-5-4-11(3)8-13(12)9-14/h4-10H,1-3H3,(H,16,17). The maximum atomic E-state index is 11.6. The van der Waals surface area contributed by atoms with E-state index >= 15 is 0 Å². The molecule has 0 radical (unpaired) electrons. The number of hydrogen-bond acceptors (Lipinski definition) is 1. The van der Waals surface area contributed by atoms with Crippen LogP contribution < -0.4 is 5.32 Å². The molecule has 17 heavy (non-hydrogen) atoms. The Hall–Kier alpha value is -1.83. The zero-order valence-corrected chi connectivity index (χ0v) is 10.4. The van der Waals surface area contributed by atoms with Crippen LogP contribution in [0.5, 0.6) is 0 Å². The Kier molecular flexibility index (Phi) is 3.14. The fraction of sp³-hybridized carbons (Fsp3) is 0.267. The lowest BCUT2D eigenvalue weighted by Crippen LogP contribution is -2.17. The highest BCUT2D eigenvalue weighted by molar-refractivity contribution is 5.95. The molecule has 2 aromatic rings. The minimum Gasteiger partial charge on any atom is -0.326 e. The van der Waals surface area contributed by atoms with Crippen molar-refractivity contribution in [1.82, 2.24) is 0 Å². The van der Waals surface area contributed by atoms with E-state index in [1.165, 1.54) is 10.9 Å². The fourth-order valence-electron chi connectivity index (χ4n) is 1.73. The topological polar surface area (TPSA) is 29.1 Å². The second kappa shape index (κ2) is 4.58. The largest absolute Gasteiger partial charge is 0.326 e. The predicted molar refractivity (Wildman–Crippen MR) is 72.2 cm³/mol. The van der Waals surface area contributed by atoms with E-state index in [0.717, 1.165) is 11.1 Å².